The van der Waals surface area contributed by atoms with Gasteiger partial charge in [0.1, 0.15) is 5.75 Å². The van der Waals surface area contributed by atoms with Crippen LogP contribution in [0.1, 0.15) is 23.9 Å². The number of aryl methyl sites for hydroxylation is 1. The molecule has 3 nitrogen and oxygen atoms in total. The van der Waals surface area contributed by atoms with Crippen molar-refractivity contribution in [2.24, 2.45) is 0 Å². The number of esters is 1. The second-order valence-corrected chi connectivity index (χ2v) is 4.20. The Morgan fingerprint density at radius 1 is 1.16 bits per heavy atom. The van der Waals surface area contributed by atoms with Crippen LogP contribution in [0.3, 0.4) is 0 Å². The van der Waals surface area contributed by atoms with Crippen LogP contribution in [0.4, 0.5) is 0 Å². The number of carbonyl (C=O) groups is 1. The molecule has 0 saturated carbocycles. The van der Waals surface area contributed by atoms with Gasteiger partial charge < -0.3 is 4.74 Å². The summed E-state index contributed by atoms with van der Waals surface area (Å²) in [6, 6.07) is 13.2. The van der Waals surface area contributed by atoms with E-state index in [4.69, 9.17) is 4.74 Å². The molecule has 96 valence electrons. The lowest BCUT2D eigenvalue weighted by Crippen LogP contribution is -2.00. The second-order valence-electron chi connectivity index (χ2n) is 4.20. The molecule has 0 aliphatic heterocycles. The topological polar surface area (TPSA) is 39.2 Å². The fraction of sp³-hybridized carbons (Fsp3) is 0.125. The van der Waals surface area contributed by atoms with Crippen LogP contribution >= 0.6 is 0 Å². The van der Waals surface area contributed by atoms with Gasteiger partial charge in [0, 0.05) is 12.6 Å². The SMILES string of the molecule is CC(=O)Oc1cccc(C=Cc2cccc(C)n2)c1. The number of ether oxygens (including phenoxy) is 1. The number of hydrogen-bond donors (Lipinski definition) is 0. The van der Waals surface area contributed by atoms with Crippen molar-refractivity contribution >= 4 is 18.1 Å². The average Bonchev–Trinajstić information content (AvgIpc) is 2.36. The van der Waals surface area contributed by atoms with Gasteiger partial charge in [-0.25, -0.2) is 0 Å². The van der Waals surface area contributed by atoms with Crippen molar-refractivity contribution in [2.75, 3.05) is 0 Å². The number of rotatable bonds is 3. The molecule has 0 saturated heterocycles. The van der Waals surface area contributed by atoms with Gasteiger partial charge in [-0.3, -0.25) is 9.78 Å². The smallest absolute Gasteiger partial charge is 0.308 e. The summed E-state index contributed by atoms with van der Waals surface area (Å²) in [4.78, 5) is 15.3. The van der Waals surface area contributed by atoms with Gasteiger partial charge in [0.05, 0.1) is 5.69 Å². The third kappa shape index (κ3) is 4.07. The van der Waals surface area contributed by atoms with E-state index in [0.717, 1.165) is 17.0 Å². The molecule has 0 aliphatic rings. The minimum Gasteiger partial charge on any atom is -0.427 e. The van der Waals surface area contributed by atoms with Crippen LogP contribution < -0.4 is 4.74 Å². The zero-order valence-corrected chi connectivity index (χ0v) is 11.0. The molecule has 0 atom stereocenters. The van der Waals surface area contributed by atoms with Crippen molar-refractivity contribution in [2.45, 2.75) is 13.8 Å². The Balaban J connectivity index is 2.16. The van der Waals surface area contributed by atoms with Crippen LogP contribution in [0.2, 0.25) is 0 Å². The predicted octanol–water partition coefficient (Wildman–Crippen LogP) is 3.49. The van der Waals surface area contributed by atoms with E-state index in [2.05, 4.69) is 4.98 Å². The molecule has 0 spiro atoms. The maximum atomic E-state index is 10.9. The molecule has 0 N–H and O–H groups in total. The molecule has 3 heteroatoms. The lowest BCUT2D eigenvalue weighted by atomic mass is 10.2. The van der Waals surface area contributed by atoms with Gasteiger partial charge >= 0.3 is 5.97 Å². The summed E-state index contributed by atoms with van der Waals surface area (Å²) in [7, 11) is 0. The highest BCUT2D eigenvalue weighted by Crippen LogP contribution is 2.15. The minimum atomic E-state index is -0.318. The summed E-state index contributed by atoms with van der Waals surface area (Å²) in [6.45, 7) is 3.35. The van der Waals surface area contributed by atoms with Gasteiger partial charge in [0.15, 0.2) is 0 Å². The highest BCUT2D eigenvalue weighted by Gasteiger charge is 1.98. The zero-order chi connectivity index (χ0) is 13.7. The second kappa shape index (κ2) is 5.96. The first-order valence-electron chi connectivity index (χ1n) is 6.04. The number of benzene rings is 1. The van der Waals surface area contributed by atoms with Crippen molar-refractivity contribution in [3.63, 3.8) is 0 Å². The van der Waals surface area contributed by atoms with E-state index in [1.54, 1.807) is 6.07 Å². The molecular formula is C16H15NO2. The Kier molecular flexibility index (Phi) is 4.08. The lowest BCUT2D eigenvalue weighted by Gasteiger charge is -2.01. The molecule has 1 aromatic carbocycles. The zero-order valence-electron chi connectivity index (χ0n) is 11.0. The largest absolute Gasteiger partial charge is 0.427 e. The van der Waals surface area contributed by atoms with Crippen LogP contribution in [0, 0.1) is 6.92 Å². The quantitative estimate of drug-likeness (QED) is 0.621. The highest BCUT2D eigenvalue weighted by molar-refractivity contribution is 5.71. The van der Waals surface area contributed by atoms with Crippen molar-refractivity contribution in [3.05, 3.63) is 59.4 Å². The molecule has 0 radical (unpaired) electrons. The van der Waals surface area contributed by atoms with Crippen LogP contribution in [-0.4, -0.2) is 11.0 Å². The molecule has 2 rings (SSSR count). The summed E-state index contributed by atoms with van der Waals surface area (Å²) < 4.78 is 5.04. The third-order valence-electron chi connectivity index (χ3n) is 2.48. The monoisotopic (exact) mass is 253 g/mol. The molecule has 2 aromatic rings. The van der Waals surface area contributed by atoms with Crippen molar-refractivity contribution < 1.29 is 9.53 Å². The number of aromatic nitrogens is 1. The number of nitrogens with zero attached hydrogens (tertiary/aromatic N) is 1. The van der Waals surface area contributed by atoms with Crippen LogP contribution in [0.5, 0.6) is 5.75 Å². The number of pyridine rings is 1. The van der Waals surface area contributed by atoms with Gasteiger partial charge in [-0.2, -0.15) is 0 Å². The fourth-order valence-electron chi connectivity index (χ4n) is 1.69. The summed E-state index contributed by atoms with van der Waals surface area (Å²) in [5.41, 5.74) is 2.84. The third-order valence-corrected chi connectivity index (χ3v) is 2.48. The first kappa shape index (κ1) is 13.0. The molecule has 0 unspecified atom stereocenters. The number of hydrogen-bond acceptors (Lipinski definition) is 3. The molecule has 0 amide bonds. The minimum absolute atomic E-state index is 0.318. The van der Waals surface area contributed by atoms with E-state index in [0.29, 0.717) is 5.75 Å². The van der Waals surface area contributed by atoms with Crippen LogP contribution in [-0.2, 0) is 4.79 Å². The van der Waals surface area contributed by atoms with E-state index < -0.39 is 0 Å². The Morgan fingerprint density at radius 2 is 1.95 bits per heavy atom. The summed E-state index contributed by atoms with van der Waals surface area (Å²) >= 11 is 0. The molecule has 19 heavy (non-hydrogen) atoms. The fourth-order valence-corrected chi connectivity index (χ4v) is 1.69. The van der Waals surface area contributed by atoms with Gasteiger partial charge in [0.25, 0.3) is 0 Å². The molecule has 1 heterocycles. The van der Waals surface area contributed by atoms with E-state index in [1.165, 1.54) is 6.92 Å². The highest BCUT2D eigenvalue weighted by atomic mass is 16.5. The summed E-state index contributed by atoms with van der Waals surface area (Å²) in [6.07, 6.45) is 3.87. The van der Waals surface area contributed by atoms with Crippen LogP contribution in [0.15, 0.2) is 42.5 Å². The van der Waals surface area contributed by atoms with E-state index in [-0.39, 0.29) is 5.97 Å². The van der Waals surface area contributed by atoms with Gasteiger partial charge in [-0.15, -0.1) is 0 Å². The van der Waals surface area contributed by atoms with Gasteiger partial charge in [0.2, 0.25) is 0 Å². The summed E-state index contributed by atoms with van der Waals surface area (Å²) in [5.74, 6) is 0.230. The summed E-state index contributed by atoms with van der Waals surface area (Å²) in [5, 5.41) is 0. The Hall–Kier alpha value is -2.42. The normalized spacial score (nSPS) is 10.6. The lowest BCUT2D eigenvalue weighted by molar-refractivity contribution is -0.131. The molecule has 0 bridgehead atoms. The molecule has 0 aliphatic carbocycles. The van der Waals surface area contributed by atoms with E-state index >= 15 is 0 Å². The Bertz CT molecular complexity index is 618. The van der Waals surface area contributed by atoms with Crippen LogP contribution in [0.25, 0.3) is 12.2 Å². The van der Waals surface area contributed by atoms with Crippen molar-refractivity contribution in [1.29, 1.82) is 0 Å². The van der Waals surface area contributed by atoms with Crippen molar-refractivity contribution in [1.82, 2.24) is 4.98 Å². The number of carbonyl (C=O) groups excluding carboxylic acids is 1. The van der Waals surface area contributed by atoms with Crippen molar-refractivity contribution in [3.8, 4) is 5.75 Å². The Morgan fingerprint density at radius 3 is 2.68 bits per heavy atom. The first-order valence-corrected chi connectivity index (χ1v) is 6.04. The average molecular weight is 253 g/mol. The maximum Gasteiger partial charge on any atom is 0.308 e. The van der Waals surface area contributed by atoms with Gasteiger partial charge in [-0.05, 0) is 42.8 Å². The standard InChI is InChI=1S/C16H15NO2/c1-12-5-3-7-15(17-12)10-9-14-6-4-8-16(11-14)19-13(2)18/h3-11H,1-2H3. The maximum absolute atomic E-state index is 10.9. The van der Waals surface area contributed by atoms with E-state index in [9.17, 15) is 4.79 Å². The predicted molar refractivity (Wildman–Crippen MR) is 75.7 cm³/mol. The molecular weight excluding hydrogens is 238 g/mol. The molecule has 0 fully saturated rings. The Labute approximate surface area is 112 Å². The van der Waals surface area contributed by atoms with Gasteiger partial charge in [-0.1, -0.05) is 24.3 Å². The molecule has 1 aromatic heterocycles. The first-order chi connectivity index (χ1) is 9.13. The van der Waals surface area contributed by atoms with E-state index in [1.807, 2.05) is 55.5 Å².